The monoisotopic (exact) mass is 287 g/mol. The van der Waals surface area contributed by atoms with Gasteiger partial charge < -0.3 is 4.90 Å². The molecule has 0 bridgehead atoms. The molecule has 0 unspecified atom stereocenters. The Bertz CT molecular complexity index is 480. The molecule has 0 fully saturated rings. The van der Waals surface area contributed by atoms with E-state index in [0.29, 0.717) is 5.92 Å². The first kappa shape index (κ1) is 16.6. The van der Waals surface area contributed by atoms with Gasteiger partial charge in [0.25, 0.3) is 0 Å². The van der Waals surface area contributed by atoms with E-state index in [2.05, 4.69) is 69.8 Å². The third-order valence-corrected chi connectivity index (χ3v) is 4.42. The lowest BCUT2D eigenvalue weighted by atomic mass is 10.0. The van der Waals surface area contributed by atoms with Crippen molar-refractivity contribution in [1.82, 2.24) is 4.90 Å². The lowest BCUT2D eigenvalue weighted by Crippen LogP contribution is -2.18. The van der Waals surface area contributed by atoms with Crippen LogP contribution in [0.4, 0.5) is 0 Å². The molecular weight excluding hydrogens is 262 g/mol. The minimum atomic E-state index is 0.365. The molecule has 1 aliphatic rings. The summed E-state index contributed by atoms with van der Waals surface area (Å²) in [7, 11) is 2.07. The van der Waals surface area contributed by atoms with Crippen LogP contribution in [0.2, 0.25) is 0 Å². The second kappa shape index (κ2) is 8.01. The molecule has 1 rings (SSSR count). The van der Waals surface area contributed by atoms with Gasteiger partial charge in [-0.25, -0.2) is 0 Å². The number of allylic oxidation sites excluding steroid dienone is 5. The molecule has 108 valence electrons. The summed E-state index contributed by atoms with van der Waals surface area (Å²) >= 11 is 1.82. The van der Waals surface area contributed by atoms with Gasteiger partial charge in [0, 0.05) is 29.9 Å². The highest BCUT2D eigenvalue weighted by Gasteiger charge is 2.11. The van der Waals surface area contributed by atoms with Crippen LogP contribution in [0.15, 0.2) is 71.9 Å². The van der Waals surface area contributed by atoms with Crippen molar-refractivity contribution in [1.29, 1.82) is 0 Å². The van der Waals surface area contributed by atoms with Crippen molar-refractivity contribution in [2.75, 3.05) is 19.3 Å². The summed E-state index contributed by atoms with van der Waals surface area (Å²) in [4.78, 5) is 3.41. The van der Waals surface area contributed by atoms with Crippen molar-refractivity contribution in [3.05, 3.63) is 71.9 Å². The molecule has 1 atom stereocenters. The van der Waals surface area contributed by atoms with Gasteiger partial charge in [0.15, 0.2) is 0 Å². The minimum absolute atomic E-state index is 0.365. The van der Waals surface area contributed by atoms with Gasteiger partial charge in [-0.2, -0.15) is 0 Å². The maximum Gasteiger partial charge on any atom is 0.0428 e. The van der Waals surface area contributed by atoms with E-state index in [1.807, 2.05) is 17.8 Å². The first-order chi connectivity index (χ1) is 9.45. The van der Waals surface area contributed by atoms with Gasteiger partial charge in [-0.3, -0.25) is 0 Å². The summed E-state index contributed by atoms with van der Waals surface area (Å²) < 4.78 is 0. The Kier molecular flexibility index (Phi) is 6.66. The van der Waals surface area contributed by atoms with E-state index in [4.69, 9.17) is 0 Å². The van der Waals surface area contributed by atoms with Gasteiger partial charge in [0.1, 0.15) is 0 Å². The van der Waals surface area contributed by atoms with Gasteiger partial charge in [0.05, 0.1) is 0 Å². The SMILES string of the molecule is C=CC1=C/CS/C(=C/[C@@H](C)C(=C)C)C(=C)N(C)C/C=C\1. The Hall–Kier alpha value is -1.41. The van der Waals surface area contributed by atoms with E-state index in [0.717, 1.165) is 18.0 Å². The quantitative estimate of drug-likeness (QED) is 0.676. The van der Waals surface area contributed by atoms with Crippen molar-refractivity contribution < 1.29 is 0 Å². The van der Waals surface area contributed by atoms with Crippen LogP contribution in [-0.4, -0.2) is 24.2 Å². The van der Waals surface area contributed by atoms with Crippen molar-refractivity contribution in [2.24, 2.45) is 5.92 Å². The smallest absolute Gasteiger partial charge is 0.0428 e. The summed E-state index contributed by atoms with van der Waals surface area (Å²) in [5.41, 5.74) is 3.42. The van der Waals surface area contributed by atoms with Gasteiger partial charge >= 0.3 is 0 Å². The van der Waals surface area contributed by atoms with Gasteiger partial charge in [-0.1, -0.05) is 62.6 Å². The summed E-state index contributed by atoms with van der Waals surface area (Å²) in [6.07, 6.45) is 10.6. The highest BCUT2D eigenvalue weighted by atomic mass is 32.2. The fourth-order valence-electron chi connectivity index (χ4n) is 1.69. The van der Waals surface area contributed by atoms with Crippen molar-refractivity contribution in [2.45, 2.75) is 13.8 Å². The van der Waals surface area contributed by atoms with Crippen molar-refractivity contribution in [3.63, 3.8) is 0 Å². The molecule has 0 amide bonds. The van der Waals surface area contributed by atoms with Gasteiger partial charge in [-0.05, 0) is 18.4 Å². The molecule has 0 saturated heterocycles. The van der Waals surface area contributed by atoms with Crippen molar-refractivity contribution in [3.8, 4) is 0 Å². The maximum atomic E-state index is 4.23. The highest BCUT2D eigenvalue weighted by molar-refractivity contribution is 8.03. The molecule has 0 saturated carbocycles. The highest BCUT2D eigenvalue weighted by Crippen LogP contribution is 2.29. The average molecular weight is 287 g/mol. The normalized spacial score (nSPS) is 24.8. The van der Waals surface area contributed by atoms with Crippen LogP contribution in [0.1, 0.15) is 13.8 Å². The summed E-state index contributed by atoms with van der Waals surface area (Å²) in [6, 6.07) is 0. The molecule has 20 heavy (non-hydrogen) atoms. The predicted molar refractivity (Wildman–Crippen MR) is 93.7 cm³/mol. The number of rotatable bonds is 3. The number of hydrogen-bond donors (Lipinski definition) is 0. The maximum absolute atomic E-state index is 4.23. The van der Waals surface area contributed by atoms with E-state index in [1.165, 1.54) is 16.1 Å². The lowest BCUT2D eigenvalue weighted by Gasteiger charge is -2.23. The van der Waals surface area contributed by atoms with Crippen LogP contribution in [0.25, 0.3) is 0 Å². The second-order valence-corrected chi connectivity index (χ2v) is 6.18. The van der Waals surface area contributed by atoms with Gasteiger partial charge in [0.2, 0.25) is 0 Å². The van der Waals surface area contributed by atoms with Gasteiger partial charge in [-0.15, -0.1) is 11.8 Å². The third kappa shape index (κ3) is 4.93. The molecule has 1 heterocycles. The topological polar surface area (TPSA) is 3.24 Å². The molecule has 0 radical (unpaired) electrons. The Balaban J connectivity index is 3.02. The fourth-order valence-corrected chi connectivity index (χ4v) is 2.77. The van der Waals surface area contributed by atoms with Crippen LogP contribution < -0.4 is 0 Å². The molecule has 0 aromatic heterocycles. The number of likely N-dealkylation sites (N-methyl/N-ethyl adjacent to an activating group) is 1. The Morgan fingerprint density at radius 3 is 2.80 bits per heavy atom. The molecule has 0 spiro atoms. The second-order valence-electron chi connectivity index (χ2n) is 5.11. The van der Waals surface area contributed by atoms with Crippen LogP contribution in [0.5, 0.6) is 0 Å². The van der Waals surface area contributed by atoms with Crippen molar-refractivity contribution >= 4 is 11.8 Å². The average Bonchev–Trinajstić information content (AvgIpc) is 2.42. The molecule has 1 aliphatic heterocycles. The zero-order chi connectivity index (χ0) is 15.1. The van der Waals surface area contributed by atoms with Crippen LogP contribution >= 0.6 is 11.8 Å². The first-order valence-corrected chi connectivity index (χ1v) is 7.83. The third-order valence-electron chi connectivity index (χ3n) is 3.41. The fraction of sp³-hybridized carbons (Fsp3) is 0.333. The Morgan fingerprint density at radius 2 is 2.20 bits per heavy atom. The molecule has 0 aliphatic carbocycles. The largest absolute Gasteiger partial charge is 0.370 e. The Morgan fingerprint density at radius 1 is 1.50 bits per heavy atom. The van der Waals surface area contributed by atoms with Crippen LogP contribution in [-0.2, 0) is 0 Å². The molecule has 2 heteroatoms. The molecule has 1 nitrogen and oxygen atoms in total. The van der Waals surface area contributed by atoms with E-state index < -0.39 is 0 Å². The summed E-state index contributed by atoms with van der Waals surface area (Å²) in [6.45, 7) is 17.2. The number of hydrogen-bond acceptors (Lipinski definition) is 2. The van der Waals surface area contributed by atoms with E-state index in [1.54, 1.807) is 0 Å². The minimum Gasteiger partial charge on any atom is -0.370 e. The van der Waals surface area contributed by atoms with E-state index >= 15 is 0 Å². The molecule has 0 aromatic carbocycles. The molecular formula is C18H25NS. The summed E-state index contributed by atoms with van der Waals surface area (Å²) in [5, 5.41) is 0. The summed E-state index contributed by atoms with van der Waals surface area (Å²) in [5.74, 6) is 1.29. The molecule has 0 N–H and O–H groups in total. The van der Waals surface area contributed by atoms with E-state index in [-0.39, 0.29) is 0 Å². The predicted octanol–water partition coefficient (Wildman–Crippen LogP) is 4.94. The van der Waals surface area contributed by atoms with E-state index in [9.17, 15) is 0 Å². The Labute approximate surface area is 128 Å². The standard InChI is InChI=1S/C18H25NS/c1-7-17-9-8-11-19(6)16(5)18(20-12-10-17)13-15(4)14(2)3/h7-10,13,15H,1-2,5,11-12H2,3-4,6H3/b9-8-,17-10-,18-13+/t15-/m1/s1. The number of nitrogens with zero attached hydrogens (tertiary/aromatic N) is 1. The first-order valence-electron chi connectivity index (χ1n) is 6.85. The number of thioether (sulfide) groups is 1. The van der Waals surface area contributed by atoms with Crippen LogP contribution in [0.3, 0.4) is 0 Å². The zero-order valence-electron chi connectivity index (χ0n) is 12.9. The molecule has 0 aromatic rings. The lowest BCUT2D eigenvalue weighted by molar-refractivity contribution is 0.479. The van der Waals surface area contributed by atoms with Crippen LogP contribution in [0, 0.1) is 5.92 Å². The zero-order valence-corrected chi connectivity index (χ0v) is 13.7.